The standard InChI is InChI=1S/C34H26Cl2/c35-30-12-10-22(14-31(30)36)20-7-5-19(6-8-20)21-9-11-29-27(13-21)26-3-1-2-4-28(26)34(29)25-16-23-15-24-17-32(34)33(23,24)18-25/h1-14,23-25,32H,15-18H2. The van der Waals surface area contributed by atoms with Gasteiger partial charge in [0.1, 0.15) is 0 Å². The van der Waals surface area contributed by atoms with Crippen LogP contribution in [0.2, 0.25) is 10.0 Å². The van der Waals surface area contributed by atoms with E-state index in [2.05, 4.69) is 66.7 Å². The van der Waals surface area contributed by atoms with Gasteiger partial charge in [-0.2, -0.15) is 0 Å². The van der Waals surface area contributed by atoms with E-state index >= 15 is 0 Å². The van der Waals surface area contributed by atoms with Crippen LogP contribution in [0.5, 0.6) is 0 Å². The van der Waals surface area contributed by atoms with Gasteiger partial charge in [0.05, 0.1) is 10.0 Å². The molecule has 36 heavy (non-hydrogen) atoms. The van der Waals surface area contributed by atoms with E-state index in [0.717, 1.165) is 34.8 Å². The van der Waals surface area contributed by atoms with Crippen molar-refractivity contribution in [1.82, 2.24) is 0 Å². The van der Waals surface area contributed by atoms with Gasteiger partial charge >= 0.3 is 0 Å². The molecule has 0 aromatic heterocycles. The van der Waals surface area contributed by atoms with Crippen LogP contribution in [-0.4, -0.2) is 0 Å². The SMILES string of the molecule is Clc1ccc(-c2ccc(-c3ccc4c(c3)-c3ccccc3C43C4CC5CC6CC3C56C4)cc2)cc1Cl. The Morgan fingerprint density at radius 1 is 0.556 bits per heavy atom. The van der Waals surface area contributed by atoms with Gasteiger partial charge in [0.15, 0.2) is 0 Å². The summed E-state index contributed by atoms with van der Waals surface area (Å²) in [5.41, 5.74) is 12.0. The Kier molecular flexibility index (Phi) is 3.79. The lowest BCUT2D eigenvalue weighted by Gasteiger charge is -2.70. The van der Waals surface area contributed by atoms with Gasteiger partial charge < -0.3 is 0 Å². The minimum absolute atomic E-state index is 0.273. The maximum atomic E-state index is 6.26. The van der Waals surface area contributed by atoms with Gasteiger partial charge in [0.25, 0.3) is 0 Å². The third-order valence-electron chi connectivity index (χ3n) is 11.2. The van der Waals surface area contributed by atoms with Crippen LogP contribution in [0.3, 0.4) is 0 Å². The molecular weight excluding hydrogens is 479 g/mol. The smallest absolute Gasteiger partial charge is 0.0598 e. The summed E-state index contributed by atoms with van der Waals surface area (Å²) in [6, 6.07) is 31.5. The minimum atomic E-state index is 0.273. The first kappa shape index (κ1) is 20.5. The molecular formula is C34H26Cl2. The molecule has 5 aliphatic rings. The predicted molar refractivity (Wildman–Crippen MR) is 148 cm³/mol. The number of fused-ring (bicyclic) bond motifs is 8. The van der Waals surface area contributed by atoms with Gasteiger partial charge in [-0.1, -0.05) is 89.9 Å². The summed E-state index contributed by atoms with van der Waals surface area (Å²) in [7, 11) is 0. The van der Waals surface area contributed by atoms with E-state index < -0.39 is 0 Å². The molecule has 0 nitrogen and oxygen atoms in total. The van der Waals surface area contributed by atoms with Crippen LogP contribution in [0, 0.1) is 29.1 Å². The zero-order chi connectivity index (χ0) is 23.8. The van der Waals surface area contributed by atoms with E-state index in [1.165, 1.54) is 47.9 Å². The average Bonchev–Trinajstić information content (AvgIpc) is 3.50. The molecule has 0 N–H and O–H groups in total. The van der Waals surface area contributed by atoms with Crippen LogP contribution in [0.4, 0.5) is 0 Å². The van der Waals surface area contributed by atoms with E-state index in [0.29, 0.717) is 15.5 Å². The van der Waals surface area contributed by atoms with Gasteiger partial charge in [-0.05, 0) is 117 Å². The van der Waals surface area contributed by atoms with Crippen molar-refractivity contribution in [3.8, 4) is 33.4 Å². The molecule has 0 aliphatic heterocycles. The van der Waals surface area contributed by atoms with E-state index in [-0.39, 0.29) is 5.41 Å². The van der Waals surface area contributed by atoms with Gasteiger partial charge in [-0.25, -0.2) is 0 Å². The van der Waals surface area contributed by atoms with Crippen molar-refractivity contribution >= 4 is 23.2 Å². The fraction of sp³-hybridized carbons (Fsp3) is 0.294. The van der Waals surface area contributed by atoms with Crippen molar-refractivity contribution < 1.29 is 0 Å². The van der Waals surface area contributed by atoms with Crippen LogP contribution >= 0.6 is 23.2 Å². The van der Waals surface area contributed by atoms with Crippen LogP contribution in [0.1, 0.15) is 36.8 Å². The molecule has 4 fully saturated rings. The summed E-state index contributed by atoms with van der Waals surface area (Å²) < 4.78 is 0. The summed E-state index contributed by atoms with van der Waals surface area (Å²) in [5, 5.41) is 1.18. The van der Waals surface area contributed by atoms with Crippen molar-refractivity contribution in [3.63, 3.8) is 0 Å². The molecule has 4 aromatic carbocycles. The Morgan fingerprint density at radius 2 is 1.19 bits per heavy atom. The zero-order valence-corrected chi connectivity index (χ0v) is 21.5. The Bertz CT molecular complexity index is 1600. The van der Waals surface area contributed by atoms with E-state index in [9.17, 15) is 0 Å². The third-order valence-corrected chi connectivity index (χ3v) is 12.0. The molecule has 2 bridgehead atoms. The summed E-state index contributed by atoms with van der Waals surface area (Å²) in [5.74, 6) is 3.76. The first-order valence-corrected chi connectivity index (χ1v) is 14.2. The van der Waals surface area contributed by atoms with Crippen molar-refractivity contribution in [2.75, 3.05) is 0 Å². The molecule has 5 aliphatic carbocycles. The normalized spacial score (nSPS) is 33.6. The average molecular weight is 505 g/mol. The van der Waals surface area contributed by atoms with Crippen molar-refractivity contribution in [3.05, 3.63) is 106 Å². The number of rotatable bonds is 2. The topological polar surface area (TPSA) is 0 Å². The van der Waals surface area contributed by atoms with Crippen molar-refractivity contribution in [2.24, 2.45) is 29.1 Å². The summed E-state index contributed by atoms with van der Waals surface area (Å²) in [6.45, 7) is 0. The number of halogens is 2. The second-order valence-corrected chi connectivity index (χ2v) is 12.9. The molecule has 2 heteroatoms. The van der Waals surface area contributed by atoms with E-state index in [1.54, 1.807) is 11.1 Å². The molecule has 6 atom stereocenters. The minimum Gasteiger partial charge on any atom is -0.0827 e. The monoisotopic (exact) mass is 504 g/mol. The van der Waals surface area contributed by atoms with Crippen molar-refractivity contribution in [2.45, 2.75) is 31.1 Å². The van der Waals surface area contributed by atoms with E-state index in [1.807, 2.05) is 18.2 Å². The highest BCUT2D eigenvalue weighted by molar-refractivity contribution is 6.42. The predicted octanol–water partition coefficient (Wildman–Crippen LogP) is 9.66. The van der Waals surface area contributed by atoms with Crippen LogP contribution in [0.25, 0.3) is 33.4 Å². The lowest BCUT2D eigenvalue weighted by molar-refractivity contribution is -0.193. The Balaban J connectivity index is 1.15. The number of hydrogen-bond acceptors (Lipinski definition) is 0. The Hall–Kier alpha value is -2.54. The van der Waals surface area contributed by atoms with E-state index in [4.69, 9.17) is 23.2 Å². The largest absolute Gasteiger partial charge is 0.0827 e. The Labute approximate surface area is 222 Å². The quantitative estimate of drug-likeness (QED) is 0.254. The number of benzene rings is 4. The van der Waals surface area contributed by atoms with Crippen molar-refractivity contribution in [1.29, 1.82) is 0 Å². The fourth-order valence-corrected chi connectivity index (χ4v) is 10.2. The third kappa shape index (κ3) is 2.19. The summed E-state index contributed by atoms with van der Waals surface area (Å²) in [6.07, 6.45) is 5.92. The zero-order valence-electron chi connectivity index (χ0n) is 20.0. The second-order valence-electron chi connectivity index (χ2n) is 12.0. The molecule has 2 spiro atoms. The molecule has 4 aromatic rings. The maximum Gasteiger partial charge on any atom is 0.0598 e. The molecule has 176 valence electrons. The first-order chi connectivity index (χ1) is 17.6. The summed E-state index contributed by atoms with van der Waals surface area (Å²) in [4.78, 5) is 0. The maximum absolute atomic E-state index is 6.26. The molecule has 6 unspecified atom stereocenters. The van der Waals surface area contributed by atoms with Gasteiger partial charge in [-0.15, -0.1) is 0 Å². The molecule has 4 saturated carbocycles. The Morgan fingerprint density at radius 3 is 1.94 bits per heavy atom. The highest BCUT2D eigenvalue weighted by Gasteiger charge is 2.82. The molecule has 0 amide bonds. The molecule has 9 rings (SSSR count). The van der Waals surface area contributed by atoms with Gasteiger partial charge in [0, 0.05) is 5.41 Å². The first-order valence-electron chi connectivity index (χ1n) is 13.4. The summed E-state index contributed by atoms with van der Waals surface area (Å²) >= 11 is 12.4. The molecule has 0 radical (unpaired) electrons. The van der Waals surface area contributed by atoms with Crippen LogP contribution < -0.4 is 0 Å². The number of hydrogen-bond donors (Lipinski definition) is 0. The van der Waals surface area contributed by atoms with Gasteiger partial charge in [0.2, 0.25) is 0 Å². The van der Waals surface area contributed by atoms with Crippen LogP contribution in [0.15, 0.2) is 84.9 Å². The molecule has 0 heterocycles. The van der Waals surface area contributed by atoms with Gasteiger partial charge in [-0.3, -0.25) is 0 Å². The highest BCUT2D eigenvalue weighted by Crippen LogP contribution is 2.88. The lowest BCUT2D eigenvalue weighted by atomic mass is 9.34. The molecule has 0 saturated heterocycles. The van der Waals surface area contributed by atoms with Crippen LogP contribution in [-0.2, 0) is 5.41 Å². The lowest BCUT2D eigenvalue weighted by Crippen LogP contribution is -2.65. The highest BCUT2D eigenvalue weighted by atomic mass is 35.5. The fourth-order valence-electron chi connectivity index (χ4n) is 9.95. The second kappa shape index (κ2) is 6.66.